The van der Waals surface area contributed by atoms with Gasteiger partial charge in [0.05, 0.1) is 5.69 Å². The summed E-state index contributed by atoms with van der Waals surface area (Å²) >= 11 is 0. The second kappa shape index (κ2) is 5.08. The highest BCUT2D eigenvalue weighted by atomic mass is 15.1. The third kappa shape index (κ3) is 2.54. The highest BCUT2D eigenvalue weighted by molar-refractivity contribution is 5.39. The van der Waals surface area contributed by atoms with Crippen LogP contribution in [0.15, 0.2) is 30.6 Å². The molecule has 0 bridgehead atoms. The van der Waals surface area contributed by atoms with Gasteiger partial charge in [0.25, 0.3) is 0 Å². The molecule has 0 aliphatic carbocycles. The molecule has 1 aliphatic heterocycles. The summed E-state index contributed by atoms with van der Waals surface area (Å²) in [5.41, 5.74) is 2.15. The van der Waals surface area contributed by atoms with Crippen LogP contribution in [0.2, 0.25) is 0 Å². The molecule has 1 N–H and O–H groups in total. The fourth-order valence-corrected chi connectivity index (χ4v) is 2.53. The van der Waals surface area contributed by atoms with Crippen molar-refractivity contribution in [3.63, 3.8) is 0 Å². The summed E-state index contributed by atoms with van der Waals surface area (Å²) < 4.78 is 2.08. The van der Waals surface area contributed by atoms with E-state index in [0.717, 1.165) is 17.9 Å². The van der Waals surface area contributed by atoms with Gasteiger partial charge in [-0.25, -0.2) is 4.98 Å². The Morgan fingerprint density at radius 1 is 1.33 bits per heavy atom. The summed E-state index contributed by atoms with van der Waals surface area (Å²) in [5, 5.41) is 3.62. The van der Waals surface area contributed by atoms with E-state index >= 15 is 0 Å². The molecule has 1 saturated heterocycles. The Morgan fingerprint density at radius 3 is 2.94 bits per heavy atom. The van der Waals surface area contributed by atoms with Crippen LogP contribution >= 0.6 is 0 Å². The number of imidazole rings is 1. The number of likely N-dealkylation sites (tertiary alicyclic amines) is 1. The van der Waals surface area contributed by atoms with Crippen molar-refractivity contribution in [1.82, 2.24) is 19.6 Å². The van der Waals surface area contributed by atoms with E-state index in [4.69, 9.17) is 0 Å². The number of pyridine rings is 1. The van der Waals surface area contributed by atoms with Crippen molar-refractivity contribution in [1.29, 1.82) is 0 Å². The van der Waals surface area contributed by atoms with Crippen LogP contribution in [0.5, 0.6) is 0 Å². The normalized spacial score (nSPS) is 18.5. The van der Waals surface area contributed by atoms with Crippen LogP contribution in [0.3, 0.4) is 0 Å². The number of rotatable bonds is 3. The monoisotopic (exact) mass is 244 g/mol. The smallest absolute Gasteiger partial charge is 0.137 e. The summed E-state index contributed by atoms with van der Waals surface area (Å²) in [6.45, 7) is 3.27. The van der Waals surface area contributed by atoms with E-state index in [2.05, 4.69) is 32.8 Å². The van der Waals surface area contributed by atoms with E-state index in [0.29, 0.717) is 6.04 Å². The SMILES string of the molecule is CN1CCC(NCc2cn3ccccc3n2)CC1. The number of hydrogen-bond acceptors (Lipinski definition) is 3. The van der Waals surface area contributed by atoms with Crippen molar-refractivity contribution in [2.75, 3.05) is 20.1 Å². The number of piperidine rings is 1. The van der Waals surface area contributed by atoms with Gasteiger partial charge in [-0.1, -0.05) is 6.07 Å². The fourth-order valence-electron chi connectivity index (χ4n) is 2.53. The van der Waals surface area contributed by atoms with Crippen LogP contribution < -0.4 is 5.32 Å². The van der Waals surface area contributed by atoms with Gasteiger partial charge in [-0.05, 0) is 45.1 Å². The number of nitrogens with one attached hydrogen (secondary N) is 1. The van der Waals surface area contributed by atoms with Gasteiger partial charge in [-0.2, -0.15) is 0 Å². The van der Waals surface area contributed by atoms with E-state index in [1.807, 2.05) is 24.4 Å². The number of aromatic nitrogens is 2. The minimum absolute atomic E-state index is 0.644. The Labute approximate surface area is 108 Å². The molecule has 2 aromatic heterocycles. The maximum Gasteiger partial charge on any atom is 0.137 e. The Balaban J connectivity index is 1.59. The first-order chi connectivity index (χ1) is 8.81. The third-order valence-electron chi connectivity index (χ3n) is 3.70. The Morgan fingerprint density at radius 2 is 2.17 bits per heavy atom. The van der Waals surface area contributed by atoms with Gasteiger partial charge in [0.1, 0.15) is 5.65 Å². The van der Waals surface area contributed by atoms with E-state index in [9.17, 15) is 0 Å². The number of fused-ring (bicyclic) bond motifs is 1. The first-order valence-electron chi connectivity index (χ1n) is 6.66. The predicted octanol–water partition coefficient (Wildman–Crippen LogP) is 1.52. The lowest BCUT2D eigenvalue weighted by atomic mass is 10.1. The minimum atomic E-state index is 0.644. The average Bonchev–Trinajstić information content (AvgIpc) is 2.81. The van der Waals surface area contributed by atoms with Crippen molar-refractivity contribution in [3.05, 3.63) is 36.3 Å². The molecule has 2 aromatic rings. The van der Waals surface area contributed by atoms with E-state index in [1.54, 1.807) is 0 Å². The average molecular weight is 244 g/mol. The number of nitrogens with zero attached hydrogens (tertiary/aromatic N) is 3. The van der Waals surface area contributed by atoms with Crippen LogP contribution in [-0.4, -0.2) is 40.5 Å². The van der Waals surface area contributed by atoms with Crippen LogP contribution in [-0.2, 0) is 6.54 Å². The third-order valence-corrected chi connectivity index (χ3v) is 3.70. The van der Waals surface area contributed by atoms with Gasteiger partial charge in [0, 0.05) is 25.0 Å². The second-order valence-electron chi connectivity index (χ2n) is 5.16. The van der Waals surface area contributed by atoms with Gasteiger partial charge in [0.2, 0.25) is 0 Å². The van der Waals surface area contributed by atoms with E-state index in [-0.39, 0.29) is 0 Å². The van der Waals surface area contributed by atoms with Gasteiger partial charge in [-0.3, -0.25) is 0 Å². The van der Waals surface area contributed by atoms with E-state index < -0.39 is 0 Å². The zero-order chi connectivity index (χ0) is 12.4. The Hall–Kier alpha value is -1.39. The molecule has 0 spiro atoms. The topological polar surface area (TPSA) is 32.6 Å². The molecule has 18 heavy (non-hydrogen) atoms. The van der Waals surface area contributed by atoms with Crippen LogP contribution in [0, 0.1) is 0 Å². The van der Waals surface area contributed by atoms with E-state index in [1.165, 1.54) is 25.9 Å². The summed E-state index contributed by atoms with van der Waals surface area (Å²) in [6.07, 6.45) is 6.63. The molecule has 0 saturated carbocycles. The minimum Gasteiger partial charge on any atom is -0.308 e. The molecule has 96 valence electrons. The zero-order valence-corrected chi connectivity index (χ0v) is 10.8. The molecule has 3 heterocycles. The molecular formula is C14H20N4. The van der Waals surface area contributed by atoms with Crippen molar-refractivity contribution >= 4 is 5.65 Å². The first-order valence-corrected chi connectivity index (χ1v) is 6.66. The van der Waals surface area contributed by atoms with Gasteiger partial charge >= 0.3 is 0 Å². The summed E-state index contributed by atoms with van der Waals surface area (Å²) in [4.78, 5) is 6.99. The molecule has 0 unspecified atom stereocenters. The first kappa shape index (κ1) is 11.7. The highest BCUT2D eigenvalue weighted by Crippen LogP contribution is 2.10. The molecule has 4 nitrogen and oxygen atoms in total. The van der Waals surface area contributed by atoms with Gasteiger partial charge in [-0.15, -0.1) is 0 Å². The largest absolute Gasteiger partial charge is 0.308 e. The lowest BCUT2D eigenvalue weighted by Crippen LogP contribution is -2.40. The van der Waals surface area contributed by atoms with Crippen molar-refractivity contribution in [2.24, 2.45) is 0 Å². The molecule has 1 fully saturated rings. The molecule has 0 aromatic carbocycles. The van der Waals surface area contributed by atoms with Gasteiger partial charge in [0.15, 0.2) is 0 Å². The van der Waals surface area contributed by atoms with Crippen LogP contribution in [0.1, 0.15) is 18.5 Å². The fraction of sp³-hybridized carbons (Fsp3) is 0.500. The molecule has 3 rings (SSSR count). The van der Waals surface area contributed by atoms with Crippen LogP contribution in [0.25, 0.3) is 5.65 Å². The Bertz CT molecular complexity index is 478. The zero-order valence-electron chi connectivity index (χ0n) is 10.8. The molecule has 0 atom stereocenters. The summed E-state index contributed by atoms with van der Waals surface area (Å²) in [6, 6.07) is 6.74. The second-order valence-corrected chi connectivity index (χ2v) is 5.16. The standard InChI is InChI=1S/C14H20N4/c1-17-8-5-12(6-9-17)15-10-13-11-18-7-3-2-4-14(18)16-13/h2-4,7,11-12,15H,5-6,8-10H2,1H3. The lowest BCUT2D eigenvalue weighted by Gasteiger charge is -2.29. The maximum atomic E-state index is 4.60. The molecular weight excluding hydrogens is 224 g/mol. The van der Waals surface area contributed by atoms with Crippen molar-refractivity contribution < 1.29 is 0 Å². The summed E-state index contributed by atoms with van der Waals surface area (Å²) in [7, 11) is 2.19. The van der Waals surface area contributed by atoms with Gasteiger partial charge < -0.3 is 14.6 Å². The Kier molecular flexibility index (Phi) is 3.30. The van der Waals surface area contributed by atoms with Crippen molar-refractivity contribution in [2.45, 2.75) is 25.4 Å². The lowest BCUT2D eigenvalue weighted by molar-refractivity contribution is 0.234. The highest BCUT2D eigenvalue weighted by Gasteiger charge is 2.16. The van der Waals surface area contributed by atoms with Crippen molar-refractivity contribution in [3.8, 4) is 0 Å². The maximum absolute atomic E-state index is 4.60. The molecule has 0 amide bonds. The predicted molar refractivity (Wildman–Crippen MR) is 72.6 cm³/mol. The molecule has 1 aliphatic rings. The van der Waals surface area contributed by atoms with Crippen LogP contribution in [0.4, 0.5) is 0 Å². The quantitative estimate of drug-likeness (QED) is 0.888. The molecule has 0 radical (unpaired) electrons. The summed E-state index contributed by atoms with van der Waals surface area (Å²) in [5.74, 6) is 0. The molecule has 4 heteroatoms. The number of hydrogen-bond donors (Lipinski definition) is 1.